The highest BCUT2D eigenvalue weighted by molar-refractivity contribution is 7.80. The average Bonchev–Trinajstić information content (AvgIpc) is 2.48. The van der Waals surface area contributed by atoms with E-state index in [0.717, 1.165) is 5.69 Å². The molecule has 0 fully saturated rings. The lowest BCUT2D eigenvalue weighted by molar-refractivity contribution is -0.0964. The number of hydrogen-bond donors (Lipinski definition) is 2. The number of nitrogens with one attached hydrogen (secondary N) is 2. The molecule has 0 atom stereocenters. The summed E-state index contributed by atoms with van der Waals surface area (Å²) < 4.78 is 20.5. The molecular formula is C13H20N2O4S. The molecule has 0 radical (unpaired) electrons. The van der Waals surface area contributed by atoms with Crippen LogP contribution in [0, 0.1) is 0 Å². The second-order valence-electron chi connectivity index (χ2n) is 3.80. The number of methoxy groups -OCH3 is 4. The van der Waals surface area contributed by atoms with Crippen molar-refractivity contribution in [3.05, 3.63) is 18.2 Å². The molecule has 0 spiro atoms. The molecule has 0 bridgehead atoms. The normalized spacial score (nSPS) is 10.2. The summed E-state index contributed by atoms with van der Waals surface area (Å²) in [5.41, 5.74) is 0.747. The van der Waals surface area contributed by atoms with Crippen molar-refractivity contribution >= 4 is 23.0 Å². The standard InChI is InChI=1S/C13H20N2O4S/c1-16-9-5-6-10(11(7-9)17-2)15-13(20)14-8-12(18-3)19-4/h5-7,12H,8H2,1-4H3,(H2,14,15,20). The molecule has 0 aliphatic carbocycles. The van der Waals surface area contributed by atoms with Crippen LogP contribution in [0.25, 0.3) is 0 Å². The molecule has 0 aliphatic heterocycles. The molecule has 2 N–H and O–H groups in total. The predicted octanol–water partition coefficient (Wildman–Crippen LogP) is 1.61. The van der Waals surface area contributed by atoms with E-state index < -0.39 is 0 Å². The van der Waals surface area contributed by atoms with Gasteiger partial charge in [-0.3, -0.25) is 0 Å². The zero-order valence-electron chi connectivity index (χ0n) is 12.1. The highest BCUT2D eigenvalue weighted by atomic mass is 32.1. The van der Waals surface area contributed by atoms with Gasteiger partial charge in [0.1, 0.15) is 11.5 Å². The van der Waals surface area contributed by atoms with Crippen molar-refractivity contribution < 1.29 is 18.9 Å². The Morgan fingerprint density at radius 1 is 1.15 bits per heavy atom. The monoisotopic (exact) mass is 300 g/mol. The van der Waals surface area contributed by atoms with E-state index in [1.807, 2.05) is 12.1 Å². The van der Waals surface area contributed by atoms with Crippen LogP contribution >= 0.6 is 12.2 Å². The predicted molar refractivity (Wildman–Crippen MR) is 81.6 cm³/mol. The topological polar surface area (TPSA) is 61.0 Å². The third kappa shape index (κ3) is 4.84. The second-order valence-corrected chi connectivity index (χ2v) is 4.21. The van der Waals surface area contributed by atoms with E-state index in [0.29, 0.717) is 23.2 Å². The molecule has 1 aromatic carbocycles. The highest BCUT2D eigenvalue weighted by Gasteiger charge is 2.09. The van der Waals surface area contributed by atoms with Gasteiger partial charge in [-0.15, -0.1) is 0 Å². The van der Waals surface area contributed by atoms with Gasteiger partial charge in [-0.05, 0) is 24.4 Å². The van der Waals surface area contributed by atoms with Crippen molar-refractivity contribution in [3.8, 4) is 11.5 Å². The van der Waals surface area contributed by atoms with Gasteiger partial charge in [-0.1, -0.05) is 0 Å². The summed E-state index contributed by atoms with van der Waals surface area (Å²) in [6.45, 7) is 0.442. The molecule has 20 heavy (non-hydrogen) atoms. The molecule has 0 heterocycles. The van der Waals surface area contributed by atoms with Crippen LogP contribution in [0.5, 0.6) is 11.5 Å². The highest BCUT2D eigenvalue weighted by Crippen LogP contribution is 2.28. The summed E-state index contributed by atoms with van der Waals surface area (Å²) in [6.07, 6.45) is -0.354. The van der Waals surface area contributed by atoms with E-state index in [2.05, 4.69) is 10.6 Å². The fraction of sp³-hybridized carbons (Fsp3) is 0.462. The van der Waals surface area contributed by atoms with Gasteiger partial charge in [-0.25, -0.2) is 0 Å². The van der Waals surface area contributed by atoms with Gasteiger partial charge in [-0.2, -0.15) is 0 Å². The van der Waals surface area contributed by atoms with Gasteiger partial charge in [0, 0.05) is 20.3 Å². The van der Waals surface area contributed by atoms with Crippen molar-refractivity contribution in [1.29, 1.82) is 0 Å². The number of ether oxygens (including phenoxy) is 4. The maximum absolute atomic E-state index is 5.28. The zero-order chi connectivity index (χ0) is 15.0. The molecule has 0 unspecified atom stereocenters. The van der Waals surface area contributed by atoms with Crippen LogP contribution in [0.4, 0.5) is 5.69 Å². The largest absolute Gasteiger partial charge is 0.497 e. The number of thiocarbonyl (C=S) groups is 1. The van der Waals surface area contributed by atoms with E-state index in [1.165, 1.54) is 0 Å². The van der Waals surface area contributed by atoms with E-state index >= 15 is 0 Å². The SMILES string of the molecule is COc1ccc(NC(=S)NCC(OC)OC)c(OC)c1. The van der Waals surface area contributed by atoms with Crippen LogP contribution in [0.1, 0.15) is 0 Å². The van der Waals surface area contributed by atoms with Gasteiger partial charge in [0.15, 0.2) is 11.4 Å². The van der Waals surface area contributed by atoms with Crippen LogP contribution < -0.4 is 20.1 Å². The lowest BCUT2D eigenvalue weighted by Gasteiger charge is -2.17. The van der Waals surface area contributed by atoms with Crippen LogP contribution in [0.2, 0.25) is 0 Å². The molecular weight excluding hydrogens is 280 g/mol. The molecule has 0 aromatic heterocycles. The van der Waals surface area contributed by atoms with Crippen molar-refractivity contribution in [1.82, 2.24) is 5.32 Å². The zero-order valence-corrected chi connectivity index (χ0v) is 12.9. The molecule has 1 rings (SSSR count). The van der Waals surface area contributed by atoms with Crippen molar-refractivity contribution in [2.75, 3.05) is 40.3 Å². The second kappa shape index (κ2) is 8.57. The molecule has 112 valence electrons. The number of anilines is 1. The summed E-state index contributed by atoms with van der Waals surface area (Å²) in [6, 6.07) is 5.43. The molecule has 0 amide bonds. The maximum Gasteiger partial charge on any atom is 0.174 e. The first-order valence-electron chi connectivity index (χ1n) is 5.97. The molecule has 0 saturated carbocycles. The van der Waals surface area contributed by atoms with Crippen molar-refractivity contribution in [2.24, 2.45) is 0 Å². The minimum atomic E-state index is -0.354. The Morgan fingerprint density at radius 3 is 2.40 bits per heavy atom. The van der Waals surface area contributed by atoms with Crippen LogP contribution in [0.3, 0.4) is 0 Å². The lowest BCUT2D eigenvalue weighted by atomic mass is 10.2. The Kier molecular flexibility index (Phi) is 7.06. The van der Waals surface area contributed by atoms with Crippen molar-refractivity contribution in [3.63, 3.8) is 0 Å². The summed E-state index contributed by atoms with van der Waals surface area (Å²) in [7, 11) is 6.32. The lowest BCUT2D eigenvalue weighted by Crippen LogP contribution is -2.36. The Balaban J connectivity index is 2.61. The van der Waals surface area contributed by atoms with Gasteiger partial charge in [0.25, 0.3) is 0 Å². The Labute approximate surface area is 124 Å². The third-order valence-corrected chi connectivity index (χ3v) is 2.86. The quantitative estimate of drug-likeness (QED) is 0.586. The summed E-state index contributed by atoms with van der Waals surface area (Å²) in [5.74, 6) is 1.36. The molecule has 1 aromatic rings. The van der Waals surface area contributed by atoms with E-state index in [1.54, 1.807) is 34.5 Å². The number of hydrogen-bond acceptors (Lipinski definition) is 5. The third-order valence-electron chi connectivity index (χ3n) is 2.61. The fourth-order valence-corrected chi connectivity index (χ4v) is 1.70. The van der Waals surface area contributed by atoms with Crippen LogP contribution in [0.15, 0.2) is 18.2 Å². The van der Waals surface area contributed by atoms with Gasteiger partial charge in [0.2, 0.25) is 0 Å². The average molecular weight is 300 g/mol. The summed E-state index contributed by atoms with van der Waals surface area (Å²) >= 11 is 5.20. The van der Waals surface area contributed by atoms with E-state index in [4.69, 9.17) is 31.2 Å². The summed E-state index contributed by atoms with van der Waals surface area (Å²) in [5, 5.41) is 6.49. The van der Waals surface area contributed by atoms with Gasteiger partial charge in [0.05, 0.1) is 26.5 Å². The minimum Gasteiger partial charge on any atom is -0.497 e. The smallest absolute Gasteiger partial charge is 0.174 e. The fourth-order valence-electron chi connectivity index (χ4n) is 1.51. The Hall–Kier alpha value is -1.57. The van der Waals surface area contributed by atoms with Gasteiger partial charge < -0.3 is 29.6 Å². The van der Waals surface area contributed by atoms with Crippen LogP contribution in [-0.2, 0) is 9.47 Å². The first-order chi connectivity index (χ1) is 9.64. The molecule has 6 nitrogen and oxygen atoms in total. The maximum atomic E-state index is 5.28. The van der Waals surface area contributed by atoms with E-state index in [9.17, 15) is 0 Å². The molecule has 0 aliphatic rings. The van der Waals surface area contributed by atoms with Crippen molar-refractivity contribution in [2.45, 2.75) is 6.29 Å². The minimum absolute atomic E-state index is 0.354. The Bertz CT molecular complexity index is 438. The number of rotatable bonds is 7. The van der Waals surface area contributed by atoms with Gasteiger partial charge >= 0.3 is 0 Å². The molecule has 0 saturated heterocycles. The van der Waals surface area contributed by atoms with Crippen LogP contribution in [-0.4, -0.2) is 46.4 Å². The van der Waals surface area contributed by atoms with E-state index in [-0.39, 0.29) is 6.29 Å². The first-order valence-corrected chi connectivity index (χ1v) is 6.37. The number of benzene rings is 1. The Morgan fingerprint density at radius 2 is 1.85 bits per heavy atom. The molecule has 7 heteroatoms. The first kappa shape index (κ1) is 16.5. The summed E-state index contributed by atoms with van der Waals surface area (Å²) in [4.78, 5) is 0.